The zero-order valence-electron chi connectivity index (χ0n) is 15.8. The summed E-state index contributed by atoms with van der Waals surface area (Å²) in [5.74, 6) is 1.09. The van der Waals surface area contributed by atoms with Crippen molar-refractivity contribution in [1.29, 1.82) is 0 Å². The van der Waals surface area contributed by atoms with E-state index in [4.69, 9.17) is 9.15 Å². The largest absolute Gasteiger partial charge is 0.464 e. The number of hydrogen-bond acceptors (Lipinski definition) is 3. The molecule has 0 aromatic heterocycles. The summed E-state index contributed by atoms with van der Waals surface area (Å²) in [6.07, 6.45) is 1.62. The van der Waals surface area contributed by atoms with Gasteiger partial charge < -0.3 is 14.3 Å². The third-order valence-corrected chi connectivity index (χ3v) is 4.86. The maximum atomic E-state index is 14.3. The molecule has 0 atom stereocenters. The lowest BCUT2D eigenvalue weighted by Crippen LogP contribution is -1.95. The van der Waals surface area contributed by atoms with Crippen molar-refractivity contribution in [3.8, 4) is 33.9 Å². The van der Waals surface area contributed by atoms with Crippen LogP contribution < -0.4 is 4.74 Å². The van der Waals surface area contributed by atoms with Crippen LogP contribution in [0.25, 0.3) is 22.5 Å². The van der Waals surface area contributed by atoms with Gasteiger partial charge in [0.1, 0.15) is 11.5 Å². The molecule has 1 N–H and O–H groups in total. The van der Waals surface area contributed by atoms with Crippen molar-refractivity contribution in [3.63, 3.8) is 0 Å². The van der Waals surface area contributed by atoms with Crippen molar-refractivity contribution in [2.75, 3.05) is 0 Å². The zero-order chi connectivity index (χ0) is 19.7. The Morgan fingerprint density at radius 2 is 1.79 bits per heavy atom. The van der Waals surface area contributed by atoms with Crippen LogP contribution in [0.3, 0.4) is 0 Å². The predicted molar refractivity (Wildman–Crippen MR) is 107 cm³/mol. The SMILES string of the molecule is CC(C)c1cc2ccoc(-c3ccc(F)c(Oc4ccccc4)c3)c-2c1CO. The summed E-state index contributed by atoms with van der Waals surface area (Å²) in [4.78, 5) is 0. The maximum Gasteiger partial charge on any atom is 0.165 e. The van der Waals surface area contributed by atoms with Crippen LogP contribution in [0.15, 0.2) is 71.3 Å². The number of rotatable bonds is 5. The molecule has 142 valence electrons. The third kappa shape index (κ3) is 3.27. The number of para-hydroxylation sites is 1. The van der Waals surface area contributed by atoms with Gasteiger partial charge in [-0.05, 0) is 59.0 Å². The molecule has 4 rings (SSSR count). The average molecular weight is 376 g/mol. The summed E-state index contributed by atoms with van der Waals surface area (Å²) in [6.45, 7) is 4.10. The molecule has 0 unspecified atom stereocenters. The zero-order valence-corrected chi connectivity index (χ0v) is 15.8. The van der Waals surface area contributed by atoms with E-state index in [1.807, 2.05) is 24.3 Å². The molecule has 1 aliphatic heterocycles. The van der Waals surface area contributed by atoms with E-state index in [9.17, 15) is 9.50 Å². The van der Waals surface area contributed by atoms with Crippen molar-refractivity contribution in [3.05, 3.63) is 83.9 Å². The first-order chi connectivity index (χ1) is 13.6. The van der Waals surface area contributed by atoms with Gasteiger partial charge in [-0.3, -0.25) is 0 Å². The lowest BCUT2D eigenvalue weighted by Gasteiger charge is -2.13. The molecule has 0 saturated heterocycles. The molecule has 0 saturated carbocycles. The Balaban J connectivity index is 1.83. The molecule has 1 heterocycles. The second-order valence-corrected chi connectivity index (χ2v) is 7.03. The second-order valence-electron chi connectivity index (χ2n) is 7.03. The average Bonchev–Trinajstić information content (AvgIpc) is 3.10. The van der Waals surface area contributed by atoms with Crippen molar-refractivity contribution < 1.29 is 18.7 Å². The number of aliphatic hydroxyl groups excluding tert-OH is 1. The molecule has 0 spiro atoms. The molecule has 2 aromatic carbocycles. The van der Waals surface area contributed by atoms with Crippen LogP contribution in [-0.4, -0.2) is 5.11 Å². The number of hydrogen-bond donors (Lipinski definition) is 1. The first-order valence-electron chi connectivity index (χ1n) is 9.25. The first-order valence-corrected chi connectivity index (χ1v) is 9.25. The van der Waals surface area contributed by atoms with Crippen LogP contribution in [0, 0.1) is 5.82 Å². The molecular weight excluding hydrogens is 355 g/mol. The van der Waals surface area contributed by atoms with Crippen molar-refractivity contribution in [2.45, 2.75) is 26.4 Å². The molecule has 1 aliphatic carbocycles. The minimum atomic E-state index is -0.451. The van der Waals surface area contributed by atoms with E-state index in [1.165, 1.54) is 6.07 Å². The number of ether oxygens (including phenoxy) is 1. The van der Waals surface area contributed by atoms with Gasteiger partial charge in [-0.1, -0.05) is 38.1 Å². The molecular formula is C24H21FO3. The molecule has 28 heavy (non-hydrogen) atoms. The van der Waals surface area contributed by atoms with Crippen LogP contribution in [0.1, 0.15) is 30.9 Å². The number of fused-ring (bicyclic) bond motifs is 1. The highest BCUT2D eigenvalue weighted by Crippen LogP contribution is 2.43. The molecule has 0 radical (unpaired) electrons. The van der Waals surface area contributed by atoms with E-state index in [0.717, 1.165) is 22.3 Å². The van der Waals surface area contributed by atoms with Gasteiger partial charge in [0.05, 0.1) is 12.9 Å². The van der Waals surface area contributed by atoms with E-state index < -0.39 is 5.82 Å². The number of benzene rings is 2. The Morgan fingerprint density at radius 3 is 2.50 bits per heavy atom. The Labute approximate surface area is 163 Å². The topological polar surface area (TPSA) is 42.6 Å². The monoisotopic (exact) mass is 376 g/mol. The molecule has 2 aliphatic rings. The Morgan fingerprint density at radius 1 is 1.00 bits per heavy atom. The van der Waals surface area contributed by atoms with Gasteiger partial charge in [0.15, 0.2) is 11.6 Å². The third-order valence-electron chi connectivity index (χ3n) is 4.86. The van der Waals surface area contributed by atoms with Crippen LogP contribution in [0.4, 0.5) is 4.39 Å². The van der Waals surface area contributed by atoms with E-state index in [2.05, 4.69) is 19.9 Å². The van der Waals surface area contributed by atoms with Crippen LogP contribution in [-0.2, 0) is 6.61 Å². The second kappa shape index (κ2) is 7.49. The molecule has 0 bridgehead atoms. The van der Waals surface area contributed by atoms with Gasteiger partial charge in [0.2, 0.25) is 0 Å². The normalized spacial score (nSPS) is 11.3. The maximum absolute atomic E-state index is 14.3. The van der Waals surface area contributed by atoms with Crippen molar-refractivity contribution in [2.24, 2.45) is 0 Å². The highest BCUT2D eigenvalue weighted by Gasteiger charge is 2.23. The summed E-state index contributed by atoms with van der Waals surface area (Å²) in [7, 11) is 0. The van der Waals surface area contributed by atoms with Gasteiger partial charge >= 0.3 is 0 Å². The lowest BCUT2D eigenvalue weighted by atomic mass is 9.98. The van der Waals surface area contributed by atoms with Gasteiger partial charge in [-0.15, -0.1) is 0 Å². The fourth-order valence-electron chi connectivity index (χ4n) is 3.52. The van der Waals surface area contributed by atoms with E-state index in [-0.39, 0.29) is 18.3 Å². The Hall–Kier alpha value is -3.11. The smallest absolute Gasteiger partial charge is 0.165 e. The molecule has 0 fully saturated rings. The van der Waals surface area contributed by atoms with Gasteiger partial charge in [-0.25, -0.2) is 4.39 Å². The van der Waals surface area contributed by atoms with E-state index in [0.29, 0.717) is 17.1 Å². The van der Waals surface area contributed by atoms with Crippen LogP contribution in [0.5, 0.6) is 11.5 Å². The molecule has 0 amide bonds. The fraction of sp³-hybridized carbons (Fsp3) is 0.167. The summed E-state index contributed by atoms with van der Waals surface area (Å²) in [5, 5.41) is 9.99. The quantitative estimate of drug-likeness (QED) is 0.427. The van der Waals surface area contributed by atoms with Crippen molar-refractivity contribution in [1.82, 2.24) is 0 Å². The standard InChI is InChI=1S/C24H21FO3/c1-15(2)19-12-16-10-11-27-24(23(16)20(19)14-26)17-8-9-21(25)22(13-17)28-18-6-4-3-5-7-18/h3-13,15,26H,14H2,1-2H3. The highest BCUT2D eigenvalue weighted by atomic mass is 19.1. The van der Waals surface area contributed by atoms with E-state index >= 15 is 0 Å². The molecule has 3 nitrogen and oxygen atoms in total. The minimum absolute atomic E-state index is 0.0852. The summed E-state index contributed by atoms with van der Waals surface area (Å²) in [5.41, 5.74) is 4.46. The molecule has 2 aromatic rings. The van der Waals surface area contributed by atoms with Gasteiger partial charge in [0, 0.05) is 11.1 Å². The number of aliphatic hydroxyl groups is 1. The lowest BCUT2D eigenvalue weighted by molar-refractivity contribution is 0.281. The summed E-state index contributed by atoms with van der Waals surface area (Å²) in [6, 6.07) is 17.7. The minimum Gasteiger partial charge on any atom is -0.464 e. The predicted octanol–water partition coefficient (Wildman–Crippen LogP) is 6.60. The summed E-state index contributed by atoms with van der Waals surface area (Å²) < 4.78 is 25.9. The van der Waals surface area contributed by atoms with Crippen LogP contribution >= 0.6 is 0 Å². The fourth-order valence-corrected chi connectivity index (χ4v) is 3.52. The number of halogens is 1. The van der Waals surface area contributed by atoms with E-state index in [1.54, 1.807) is 30.5 Å². The van der Waals surface area contributed by atoms with Crippen molar-refractivity contribution >= 4 is 0 Å². The van der Waals surface area contributed by atoms with Crippen LogP contribution in [0.2, 0.25) is 0 Å². The first kappa shape index (κ1) is 18.3. The Kier molecular flexibility index (Phi) is 4.88. The van der Waals surface area contributed by atoms with Gasteiger partial charge in [0.25, 0.3) is 0 Å². The summed E-state index contributed by atoms with van der Waals surface area (Å²) >= 11 is 0. The highest BCUT2D eigenvalue weighted by molar-refractivity contribution is 5.86. The molecule has 4 heteroatoms. The Bertz CT molecular complexity index is 1070. The van der Waals surface area contributed by atoms with Gasteiger partial charge in [-0.2, -0.15) is 0 Å².